The molecule has 2 aromatic heterocycles. The molecule has 11 heteroatoms. The number of nitro groups is 1. The normalized spacial score (nSPS) is 10.5. The average molecular weight is 375 g/mol. The molecule has 0 bridgehead atoms. The lowest BCUT2D eigenvalue weighted by Gasteiger charge is -2.04. The van der Waals surface area contributed by atoms with Crippen molar-refractivity contribution in [3.8, 4) is 0 Å². The molecule has 1 aromatic carbocycles. The second kappa shape index (κ2) is 7.11. The van der Waals surface area contributed by atoms with Gasteiger partial charge >= 0.3 is 11.0 Å². The average Bonchev–Trinajstić information content (AvgIpc) is 3.08. The van der Waals surface area contributed by atoms with Crippen molar-refractivity contribution in [3.05, 3.63) is 62.6 Å². The molecule has 0 fully saturated rings. The number of carbonyl (C=O) groups excluding carboxylic acids is 2. The summed E-state index contributed by atoms with van der Waals surface area (Å²) in [6.45, 7) is -0.678. The molecule has 0 aliphatic carbocycles. The van der Waals surface area contributed by atoms with Gasteiger partial charge in [0.25, 0.3) is 5.91 Å². The van der Waals surface area contributed by atoms with E-state index in [9.17, 15) is 24.5 Å². The maximum atomic E-state index is 12.0. The number of carbonyl (C=O) groups is 2. The van der Waals surface area contributed by atoms with Gasteiger partial charge in [-0.3, -0.25) is 25.0 Å². The summed E-state index contributed by atoms with van der Waals surface area (Å²) >= 11 is 0.661. The zero-order valence-electron chi connectivity index (χ0n) is 12.8. The first kappa shape index (κ1) is 17.2. The minimum Gasteiger partial charge on any atom is -0.450 e. The lowest BCUT2D eigenvalue weighted by Crippen LogP contribution is -2.21. The van der Waals surface area contributed by atoms with Gasteiger partial charge in [-0.25, -0.2) is 9.78 Å². The minimum absolute atomic E-state index is 0.00464. The number of rotatable bonds is 5. The van der Waals surface area contributed by atoms with Crippen molar-refractivity contribution >= 4 is 44.3 Å². The van der Waals surface area contributed by atoms with Crippen LogP contribution in [0.2, 0.25) is 0 Å². The van der Waals surface area contributed by atoms with Crippen LogP contribution in [0.15, 0.2) is 45.7 Å². The van der Waals surface area contributed by atoms with Crippen LogP contribution in [0.3, 0.4) is 0 Å². The molecule has 0 saturated carbocycles. The number of hydrogen-bond acceptors (Lipinski definition) is 9. The molecule has 1 N–H and O–H groups in total. The number of amides is 1. The third-order valence-electron chi connectivity index (χ3n) is 3.09. The van der Waals surface area contributed by atoms with E-state index in [0.717, 1.165) is 12.3 Å². The molecule has 3 aromatic rings. The minimum atomic E-state index is -0.992. The van der Waals surface area contributed by atoms with E-state index in [1.54, 1.807) is 18.2 Å². The van der Waals surface area contributed by atoms with E-state index in [1.165, 1.54) is 6.07 Å². The monoisotopic (exact) mass is 375 g/mol. The van der Waals surface area contributed by atoms with Crippen LogP contribution in [0.25, 0.3) is 11.0 Å². The van der Waals surface area contributed by atoms with Gasteiger partial charge in [-0.15, -0.1) is 0 Å². The molecule has 0 radical (unpaired) electrons. The van der Waals surface area contributed by atoms with Gasteiger partial charge in [0.15, 0.2) is 17.2 Å². The number of ether oxygens (including phenoxy) is 1. The molecule has 0 spiro atoms. The van der Waals surface area contributed by atoms with Gasteiger partial charge < -0.3 is 9.15 Å². The molecular weight excluding hydrogens is 366 g/mol. The zero-order valence-corrected chi connectivity index (χ0v) is 13.6. The summed E-state index contributed by atoms with van der Waals surface area (Å²) in [5.74, 6) is -2.08. The Balaban J connectivity index is 1.64. The first-order valence-electron chi connectivity index (χ1n) is 7.04. The Bertz CT molecular complexity index is 1070. The predicted molar refractivity (Wildman–Crippen MR) is 90.2 cm³/mol. The first-order valence-corrected chi connectivity index (χ1v) is 7.86. The molecule has 2 heterocycles. The van der Waals surface area contributed by atoms with Crippen LogP contribution in [-0.2, 0) is 9.53 Å². The number of aromatic nitrogens is 1. The highest BCUT2D eigenvalue weighted by atomic mass is 32.1. The van der Waals surface area contributed by atoms with E-state index in [1.807, 2.05) is 0 Å². The molecule has 3 rings (SSSR count). The topological polar surface area (TPSA) is 142 Å². The fourth-order valence-electron chi connectivity index (χ4n) is 1.97. The summed E-state index contributed by atoms with van der Waals surface area (Å²) < 4.78 is 10.1. The predicted octanol–water partition coefficient (Wildman–Crippen LogP) is 1.95. The van der Waals surface area contributed by atoms with Gasteiger partial charge in [0.1, 0.15) is 11.8 Å². The number of thiazole rings is 1. The molecule has 1 amide bonds. The van der Waals surface area contributed by atoms with Crippen molar-refractivity contribution < 1.29 is 23.7 Å². The first-order chi connectivity index (χ1) is 12.4. The summed E-state index contributed by atoms with van der Waals surface area (Å²) in [5, 5.41) is 12.9. The van der Waals surface area contributed by atoms with E-state index >= 15 is 0 Å². The van der Waals surface area contributed by atoms with E-state index in [4.69, 9.17) is 9.15 Å². The fourth-order valence-corrected chi connectivity index (χ4v) is 2.62. The number of hydrogen-bond donors (Lipinski definition) is 1. The molecule has 0 atom stereocenters. The number of nitrogens with one attached hydrogen (secondary N) is 1. The Hall–Kier alpha value is -3.60. The molecule has 26 heavy (non-hydrogen) atoms. The molecule has 10 nitrogen and oxygen atoms in total. The number of esters is 1. The Morgan fingerprint density at radius 2 is 2.12 bits per heavy atom. The van der Waals surface area contributed by atoms with Crippen LogP contribution < -0.4 is 10.7 Å². The van der Waals surface area contributed by atoms with Gasteiger partial charge in [0.05, 0.1) is 10.3 Å². The van der Waals surface area contributed by atoms with Gasteiger partial charge in [0.2, 0.25) is 5.76 Å². The SMILES string of the molecule is O=C(COC(=O)c1cc(=O)c2ccccc2o1)Nc1ncc([N+](=O)[O-])s1. The van der Waals surface area contributed by atoms with Crippen LogP contribution in [-0.4, -0.2) is 28.4 Å². The lowest BCUT2D eigenvalue weighted by atomic mass is 10.2. The quantitative estimate of drug-likeness (QED) is 0.405. The highest BCUT2D eigenvalue weighted by Crippen LogP contribution is 2.24. The maximum Gasteiger partial charge on any atom is 0.374 e. The number of nitrogens with zero attached hydrogens (tertiary/aromatic N) is 2. The third-order valence-corrected chi connectivity index (χ3v) is 3.95. The Morgan fingerprint density at radius 3 is 2.85 bits per heavy atom. The van der Waals surface area contributed by atoms with Crippen LogP contribution in [0.4, 0.5) is 10.1 Å². The fraction of sp³-hybridized carbons (Fsp3) is 0.0667. The summed E-state index contributed by atoms with van der Waals surface area (Å²) in [6.07, 6.45) is 0.996. The Labute approximate surface area is 148 Å². The summed E-state index contributed by atoms with van der Waals surface area (Å²) in [7, 11) is 0. The van der Waals surface area contributed by atoms with Crippen molar-refractivity contribution in [3.63, 3.8) is 0 Å². The Morgan fingerprint density at radius 1 is 1.35 bits per heavy atom. The standard InChI is InChI=1S/C15H9N3O7S/c19-9-5-11(25-10-4-2-1-3-8(9)10)14(21)24-7-12(20)17-15-16-6-13(26-15)18(22)23/h1-6H,7H2,(H,16,17,20). The smallest absolute Gasteiger partial charge is 0.374 e. The highest BCUT2D eigenvalue weighted by molar-refractivity contribution is 7.18. The summed E-state index contributed by atoms with van der Waals surface area (Å²) in [6, 6.07) is 7.35. The van der Waals surface area contributed by atoms with Crippen molar-refractivity contribution in [2.45, 2.75) is 0 Å². The van der Waals surface area contributed by atoms with Gasteiger partial charge in [-0.05, 0) is 23.5 Å². The van der Waals surface area contributed by atoms with E-state index < -0.39 is 28.8 Å². The van der Waals surface area contributed by atoms with Crippen molar-refractivity contribution in [2.75, 3.05) is 11.9 Å². The largest absolute Gasteiger partial charge is 0.450 e. The van der Waals surface area contributed by atoms with Crippen LogP contribution in [0, 0.1) is 10.1 Å². The number of fused-ring (bicyclic) bond motifs is 1. The second-order valence-corrected chi connectivity index (χ2v) is 5.87. The van der Waals surface area contributed by atoms with Crippen LogP contribution in [0.1, 0.15) is 10.6 Å². The van der Waals surface area contributed by atoms with E-state index in [2.05, 4.69) is 10.3 Å². The third kappa shape index (κ3) is 3.72. The molecule has 0 aliphatic rings. The van der Waals surface area contributed by atoms with Crippen LogP contribution >= 0.6 is 11.3 Å². The van der Waals surface area contributed by atoms with Crippen molar-refractivity contribution in [1.29, 1.82) is 0 Å². The second-order valence-electron chi connectivity index (χ2n) is 4.86. The Kier molecular flexibility index (Phi) is 4.71. The van der Waals surface area contributed by atoms with Crippen molar-refractivity contribution in [2.24, 2.45) is 0 Å². The maximum absolute atomic E-state index is 12.0. The molecule has 132 valence electrons. The molecule has 0 aliphatic heterocycles. The van der Waals surface area contributed by atoms with Gasteiger partial charge in [-0.2, -0.15) is 0 Å². The number of benzene rings is 1. The molecular formula is C15H9N3O7S. The number of anilines is 1. The zero-order chi connectivity index (χ0) is 18.7. The summed E-state index contributed by atoms with van der Waals surface area (Å²) in [5.41, 5.74) is -0.204. The molecule has 0 unspecified atom stereocenters. The van der Waals surface area contributed by atoms with Crippen molar-refractivity contribution in [1.82, 2.24) is 4.98 Å². The van der Waals surface area contributed by atoms with Gasteiger partial charge in [-0.1, -0.05) is 12.1 Å². The van der Waals surface area contributed by atoms with Crippen LogP contribution in [0.5, 0.6) is 0 Å². The lowest BCUT2D eigenvalue weighted by molar-refractivity contribution is -0.380. The number of para-hydroxylation sites is 1. The molecule has 0 saturated heterocycles. The van der Waals surface area contributed by atoms with E-state index in [-0.39, 0.29) is 21.5 Å². The van der Waals surface area contributed by atoms with Gasteiger partial charge in [0, 0.05) is 6.07 Å². The van der Waals surface area contributed by atoms with E-state index in [0.29, 0.717) is 16.7 Å². The highest BCUT2D eigenvalue weighted by Gasteiger charge is 2.17. The summed E-state index contributed by atoms with van der Waals surface area (Å²) in [4.78, 5) is 49.2.